The first kappa shape index (κ1) is 24.8. The predicted octanol–water partition coefficient (Wildman–Crippen LogP) is 3.07. The molecule has 1 saturated heterocycles. The van der Waals surface area contributed by atoms with E-state index in [1.165, 1.54) is 33.4 Å². The molecule has 4 rings (SSSR count). The fourth-order valence-electron chi connectivity index (χ4n) is 4.19. The molecule has 1 aromatic carbocycles. The van der Waals surface area contributed by atoms with Gasteiger partial charge in [-0.3, -0.25) is 13.9 Å². The summed E-state index contributed by atoms with van der Waals surface area (Å²) in [5, 5.41) is 2.89. The minimum absolute atomic E-state index is 0.000320. The van der Waals surface area contributed by atoms with Gasteiger partial charge in [-0.25, -0.2) is 18.2 Å². The number of fused-ring (bicyclic) bond motifs is 1. The lowest BCUT2D eigenvalue weighted by atomic mass is 9.94. The van der Waals surface area contributed by atoms with Crippen LogP contribution in [0.3, 0.4) is 0 Å². The number of halogens is 2. The molecular formula is C23H26F2N4O5S. The number of carbonyl (C=O) groups excluding carboxylic acids is 1. The van der Waals surface area contributed by atoms with Gasteiger partial charge in [0.2, 0.25) is 0 Å². The van der Waals surface area contributed by atoms with E-state index in [1.54, 1.807) is 32.9 Å². The van der Waals surface area contributed by atoms with Crippen molar-refractivity contribution in [1.82, 2.24) is 19.4 Å². The highest BCUT2D eigenvalue weighted by molar-refractivity contribution is 7.91. The Balaban J connectivity index is 1.74. The Kier molecular flexibility index (Phi) is 6.43. The zero-order valence-corrected chi connectivity index (χ0v) is 20.3. The van der Waals surface area contributed by atoms with Crippen LogP contribution in [-0.2, 0) is 9.84 Å². The zero-order valence-electron chi connectivity index (χ0n) is 19.5. The summed E-state index contributed by atoms with van der Waals surface area (Å²) in [4.78, 5) is 30.8. The van der Waals surface area contributed by atoms with Gasteiger partial charge in [-0.2, -0.15) is 8.78 Å². The Labute approximate surface area is 200 Å². The number of alkyl halides is 2. The van der Waals surface area contributed by atoms with Gasteiger partial charge in [0.05, 0.1) is 22.7 Å². The number of nitrogens with zero attached hydrogens (tertiary/aromatic N) is 3. The molecule has 1 aliphatic heterocycles. The SMILES string of the molecule is CC(C)n1c(=O)n(-c2cccc(OC(F)F)c2)c2ccc(C(=O)NC3(C)CCS(=O)(=O)CC3)nc21. The lowest BCUT2D eigenvalue weighted by Crippen LogP contribution is -2.51. The molecule has 0 aliphatic carbocycles. The summed E-state index contributed by atoms with van der Waals surface area (Å²) in [5.41, 5.74) is -0.0910. The van der Waals surface area contributed by atoms with Crippen molar-refractivity contribution >= 4 is 26.9 Å². The molecule has 0 atom stereocenters. The third-order valence-corrected chi connectivity index (χ3v) is 7.77. The third-order valence-electron chi connectivity index (χ3n) is 6.12. The maximum atomic E-state index is 13.3. The number of sulfone groups is 1. The second-order valence-electron chi connectivity index (χ2n) is 9.16. The molecule has 2 aromatic heterocycles. The molecule has 188 valence electrons. The van der Waals surface area contributed by atoms with Crippen molar-refractivity contribution in [2.75, 3.05) is 11.5 Å². The summed E-state index contributed by atoms with van der Waals surface area (Å²) < 4.78 is 56.1. The largest absolute Gasteiger partial charge is 0.435 e. The molecule has 12 heteroatoms. The van der Waals surface area contributed by atoms with Gasteiger partial charge >= 0.3 is 12.3 Å². The molecule has 35 heavy (non-hydrogen) atoms. The first-order valence-electron chi connectivity index (χ1n) is 11.1. The lowest BCUT2D eigenvalue weighted by molar-refractivity contribution is -0.0498. The molecule has 1 fully saturated rings. The predicted molar refractivity (Wildman–Crippen MR) is 126 cm³/mol. The van der Waals surface area contributed by atoms with Crippen LogP contribution < -0.4 is 15.7 Å². The van der Waals surface area contributed by atoms with Crippen LogP contribution in [-0.4, -0.2) is 52.1 Å². The van der Waals surface area contributed by atoms with Crippen molar-refractivity contribution in [3.8, 4) is 11.4 Å². The van der Waals surface area contributed by atoms with E-state index in [2.05, 4.69) is 15.0 Å². The van der Waals surface area contributed by atoms with Crippen molar-refractivity contribution in [2.24, 2.45) is 0 Å². The minimum Gasteiger partial charge on any atom is -0.435 e. The summed E-state index contributed by atoms with van der Waals surface area (Å²) in [6.07, 6.45) is 0.598. The van der Waals surface area contributed by atoms with Gasteiger partial charge in [0, 0.05) is 17.6 Å². The smallest absolute Gasteiger partial charge is 0.387 e. The van der Waals surface area contributed by atoms with Gasteiger partial charge in [0.1, 0.15) is 21.3 Å². The molecule has 1 aliphatic rings. The maximum Gasteiger partial charge on any atom is 0.387 e. The first-order valence-corrected chi connectivity index (χ1v) is 12.9. The van der Waals surface area contributed by atoms with E-state index in [0.717, 1.165) is 0 Å². The first-order chi connectivity index (χ1) is 16.4. The highest BCUT2D eigenvalue weighted by Gasteiger charge is 2.35. The van der Waals surface area contributed by atoms with Crippen molar-refractivity contribution < 1.29 is 26.7 Å². The molecule has 3 aromatic rings. The highest BCUT2D eigenvalue weighted by atomic mass is 32.2. The molecule has 3 heterocycles. The molecule has 1 N–H and O–H groups in total. The van der Waals surface area contributed by atoms with Crippen LogP contribution >= 0.6 is 0 Å². The standard InChI is InChI=1S/C23H26F2N4O5S/c1-14(2)28-19-18(29(22(28)31)15-5-4-6-16(13-15)34-21(24)25)8-7-17(26-19)20(30)27-23(3)9-11-35(32,33)12-10-23/h4-8,13-14,21H,9-12H2,1-3H3,(H,27,30). The second-order valence-corrected chi connectivity index (χ2v) is 11.5. The van der Waals surface area contributed by atoms with Crippen molar-refractivity contribution in [3.63, 3.8) is 0 Å². The van der Waals surface area contributed by atoms with Crippen LogP contribution in [0.25, 0.3) is 16.9 Å². The Morgan fingerprint density at radius 3 is 2.49 bits per heavy atom. The monoisotopic (exact) mass is 508 g/mol. The number of hydrogen-bond donors (Lipinski definition) is 1. The average Bonchev–Trinajstić information content (AvgIpc) is 3.07. The van der Waals surface area contributed by atoms with Crippen LogP contribution in [0.4, 0.5) is 8.78 Å². The van der Waals surface area contributed by atoms with E-state index < -0.39 is 33.6 Å². The summed E-state index contributed by atoms with van der Waals surface area (Å²) in [7, 11) is -3.09. The molecule has 0 spiro atoms. The van der Waals surface area contributed by atoms with E-state index in [9.17, 15) is 26.8 Å². The molecule has 0 unspecified atom stereocenters. The Morgan fingerprint density at radius 1 is 1.17 bits per heavy atom. The van der Waals surface area contributed by atoms with Crippen molar-refractivity contribution in [3.05, 3.63) is 52.6 Å². The topological polar surface area (TPSA) is 112 Å². The average molecular weight is 509 g/mol. The van der Waals surface area contributed by atoms with Crippen LogP contribution in [0.2, 0.25) is 0 Å². The second kappa shape index (κ2) is 9.06. The highest BCUT2D eigenvalue weighted by Crippen LogP contribution is 2.25. The van der Waals surface area contributed by atoms with Gasteiger partial charge in [-0.15, -0.1) is 0 Å². The van der Waals surface area contributed by atoms with E-state index in [0.29, 0.717) is 24.0 Å². The molecular weight excluding hydrogens is 482 g/mol. The molecule has 0 radical (unpaired) electrons. The quantitative estimate of drug-likeness (QED) is 0.548. The summed E-state index contributed by atoms with van der Waals surface area (Å²) in [5.74, 6) is -0.571. The van der Waals surface area contributed by atoms with Crippen molar-refractivity contribution in [2.45, 2.75) is 51.8 Å². The van der Waals surface area contributed by atoms with Crippen molar-refractivity contribution in [1.29, 1.82) is 0 Å². The Hall–Kier alpha value is -3.28. The summed E-state index contributed by atoms with van der Waals surface area (Å²) in [6.45, 7) is 2.37. The van der Waals surface area contributed by atoms with Gasteiger partial charge in [-0.05, 0) is 57.9 Å². The third kappa shape index (κ3) is 5.07. The number of rotatable bonds is 6. The Morgan fingerprint density at radius 2 is 1.86 bits per heavy atom. The van der Waals surface area contributed by atoms with Gasteiger partial charge in [-0.1, -0.05) is 6.07 Å². The fourth-order valence-corrected chi connectivity index (χ4v) is 5.91. The zero-order chi connectivity index (χ0) is 25.5. The van der Waals surface area contributed by atoms with E-state index in [4.69, 9.17) is 0 Å². The number of nitrogens with one attached hydrogen (secondary N) is 1. The van der Waals surface area contributed by atoms with Gasteiger partial charge in [0.15, 0.2) is 5.65 Å². The van der Waals surface area contributed by atoms with E-state index in [-0.39, 0.29) is 34.6 Å². The lowest BCUT2D eigenvalue weighted by Gasteiger charge is -2.34. The van der Waals surface area contributed by atoms with Gasteiger partial charge in [0.25, 0.3) is 5.91 Å². The van der Waals surface area contributed by atoms with Crippen LogP contribution in [0.1, 0.15) is 50.1 Å². The van der Waals surface area contributed by atoms with Crippen LogP contribution in [0.5, 0.6) is 5.75 Å². The number of carbonyl (C=O) groups is 1. The number of benzene rings is 1. The molecule has 0 bridgehead atoms. The van der Waals surface area contributed by atoms with Crippen LogP contribution in [0, 0.1) is 0 Å². The Bertz CT molecular complexity index is 1430. The molecule has 9 nitrogen and oxygen atoms in total. The van der Waals surface area contributed by atoms with Gasteiger partial charge < -0.3 is 10.1 Å². The number of hydrogen-bond acceptors (Lipinski definition) is 6. The number of aromatic nitrogens is 3. The summed E-state index contributed by atoms with van der Waals surface area (Å²) in [6, 6.07) is 8.52. The number of pyridine rings is 1. The number of ether oxygens (including phenoxy) is 1. The normalized spacial score (nSPS) is 17.1. The fraction of sp³-hybridized carbons (Fsp3) is 0.435. The molecule has 0 saturated carbocycles. The van der Waals surface area contributed by atoms with Crippen LogP contribution in [0.15, 0.2) is 41.2 Å². The maximum absolute atomic E-state index is 13.3. The number of imidazole rings is 1. The van der Waals surface area contributed by atoms with E-state index >= 15 is 0 Å². The summed E-state index contributed by atoms with van der Waals surface area (Å²) >= 11 is 0. The minimum atomic E-state index is -3.09. The van der Waals surface area contributed by atoms with E-state index in [1.807, 2.05) is 0 Å². The number of amides is 1. The molecule has 1 amide bonds.